The van der Waals surface area contributed by atoms with Crippen molar-refractivity contribution < 1.29 is 0 Å². The number of rotatable bonds is 4. The summed E-state index contributed by atoms with van der Waals surface area (Å²) in [5, 5.41) is 4.58. The van der Waals surface area contributed by atoms with E-state index in [1.54, 1.807) is 0 Å². The summed E-state index contributed by atoms with van der Waals surface area (Å²) in [5.74, 6) is 2.62. The van der Waals surface area contributed by atoms with Crippen molar-refractivity contribution in [1.29, 1.82) is 0 Å². The molecule has 1 heterocycles. The van der Waals surface area contributed by atoms with E-state index in [9.17, 15) is 0 Å². The van der Waals surface area contributed by atoms with Gasteiger partial charge in [0.05, 0.1) is 0 Å². The van der Waals surface area contributed by atoms with E-state index in [1.807, 2.05) is 6.20 Å². The summed E-state index contributed by atoms with van der Waals surface area (Å²) in [6.07, 6.45) is 7.93. The Balaban J connectivity index is 2.08. The highest BCUT2D eigenvalue weighted by Gasteiger charge is 2.00. The summed E-state index contributed by atoms with van der Waals surface area (Å²) in [7, 11) is 0. The van der Waals surface area contributed by atoms with E-state index in [2.05, 4.69) is 40.5 Å². The van der Waals surface area contributed by atoms with Gasteiger partial charge in [0.1, 0.15) is 0 Å². The van der Waals surface area contributed by atoms with Crippen molar-refractivity contribution >= 4 is 10.9 Å². The molecule has 0 amide bonds. The van der Waals surface area contributed by atoms with Crippen molar-refractivity contribution in [3.8, 4) is 12.3 Å². The van der Waals surface area contributed by atoms with E-state index >= 15 is 0 Å². The Morgan fingerprint density at radius 3 is 3.13 bits per heavy atom. The van der Waals surface area contributed by atoms with Gasteiger partial charge >= 0.3 is 0 Å². The van der Waals surface area contributed by atoms with Crippen molar-refractivity contribution in [2.75, 3.05) is 6.54 Å². The van der Waals surface area contributed by atoms with Gasteiger partial charge in [0.2, 0.25) is 0 Å². The largest absolute Gasteiger partial charge is 0.361 e. The summed E-state index contributed by atoms with van der Waals surface area (Å²) in [4.78, 5) is 3.25. The van der Waals surface area contributed by atoms with Gasteiger partial charge in [0, 0.05) is 31.2 Å². The quantitative estimate of drug-likeness (QED) is 0.572. The highest BCUT2D eigenvalue weighted by Crippen LogP contribution is 2.16. The molecule has 2 nitrogen and oxygen atoms in total. The van der Waals surface area contributed by atoms with Crippen LogP contribution in [0.3, 0.4) is 0 Å². The molecule has 1 aromatic carbocycles. The van der Waals surface area contributed by atoms with Gasteiger partial charge in [-0.05, 0) is 17.0 Å². The molecule has 0 saturated carbocycles. The Kier molecular flexibility index (Phi) is 3.06. The lowest BCUT2D eigenvalue weighted by Gasteiger charge is -2.04. The van der Waals surface area contributed by atoms with Gasteiger partial charge < -0.3 is 10.3 Å². The molecular weight excluding hydrogens is 184 g/mol. The second-order valence-electron chi connectivity index (χ2n) is 3.49. The monoisotopic (exact) mass is 198 g/mol. The first-order chi connectivity index (χ1) is 7.42. The molecule has 2 aromatic rings. The lowest BCUT2D eigenvalue weighted by atomic mass is 10.1. The third-order valence-corrected chi connectivity index (χ3v) is 2.44. The molecule has 2 N–H and O–H groups in total. The van der Waals surface area contributed by atoms with Gasteiger partial charge in [-0.15, -0.1) is 12.3 Å². The minimum absolute atomic E-state index is 0.778. The summed E-state index contributed by atoms with van der Waals surface area (Å²) in [5.41, 5.74) is 2.50. The van der Waals surface area contributed by atoms with Crippen LogP contribution in [0.2, 0.25) is 0 Å². The summed E-state index contributed by atoms with van der Waals surface area (Å²) in [6.45, 7) is 1.73. The van der Waals surface area contributed by atoms with Crippen LogP contribution in [0, 0.1) is 12.3 Å². The van der Waals surface area contributed by atoms with Crippen molar-refractivity contribution in [1.82, 2.24) is 10.3 Å². The second kappa shape index (κ2) is 4.68. The summed E-state index contributed by atoms with van der Waals surface area (Å²) < 4.78 is 0. The second-order valence-corrected chi connectivity index (χ2v) is 3.49. The maximum absolute atomic E-state index is 5.19. The zero-order valence-corrected chi connectivity index (χ0v) is 8.59. The molecule has 76 valence electrons. The summed E-state index contributed by atoms with van der Waals surface area (Å²) >= 11 is 0. The molecule has 1 aromatic heterocycles. The molecule has 0 aliphatic heterocycles. The van der Waals surface area contributed by atoms with Crippen molar-refractivity contribution in [3.05, 3.63) is 36.0 Å². The van der Waals surface area contributed by atoms with E-state index < -0.39 is 0 Å². The van der Waals surface area contributed by atoms with Crippen molar-refractivity contribution in [2.45, 2.75) is 13.0 Å². The van der Waals surface area contributed by atoms with Gasteiger partial charge in [-0.3, -0.25) is 0 Å². The number of para-hydroxylation sites is 1. The molecule has 0 saturated heterocycles. The highest BCUT2D eigenvalue weighted by molar-refractivity contribution is 5.82. The maximum atomic E-state index is 5.19. The zero-order valence-electron chi connectivity index (χ0n) is 8.59. The van der Waals surface area contributed by atoms with E-state index in [1.165, 1.54) is 16.5 Å². The minimum atomic E-state index is 0.778. The Bertz CT molecular complexity index is 476. The predicted octanol–water partition coefficient (Wildman–Crippen LogP) is 2.28. The van der Waals surface area contributed by atoms with Crippen LogP contribution >= 0.6 is 0 Å². The Hall–Kier alpha value is -1.72. The van der Waals surface area contributed by atoms with Crippen molar-refractivity contribution in [2.24, 2.45) is 0 Å². The number of hydrogen-bond acceptors (Lipinski definition) is 1. The number of aromatic nitrogens is 1. The Morgan fingerprint density at radius 2 is 2.27 bits per heavy atom. The number of nitrogens with one attached hydrogen (secondary N) is 2. The average Bonchev–Trinajstić information content (AvgIpc) is 2.73. The zero-order chi connectivity index (χ0) is 10.5. The first-order valence-corrected chi connectivity index (χ1v) is 5.11. The molecule has 0 atom stereocenters. The number of terminal acetylenes is 1. The fraction of sp³-hybridized carbons (Fsp3) is 0.231. The molecular formula is C13H14N2. The molecule has 2 heteroatoms. The number of benzene rings is 1. The Labute approximate surface area is 89.7 Å². The van der Waals surface area contributed by atoms with E-state index in [0.29, 0.717) is 0 Å². The van der Waals surface area contributed by atoms with Crippen LogP contribution in [-0.4, -0.2) is 11.5 Å². The molecule has 0 aliphatic rings. The molecule has 0 spiro atoms. The number of aromatic amines is 1. The fourth-order valence-electron chi connectivity index (χ4n) is 1.68. The van der Waals surface area contributed by atoms with Gasteiger partial charge in [-0.1, -0.05) is 18.2 Å². The number of hydrogen-bond donors (Lipinski definition) is 2. The lowest BCUT2D eigenvalue weighted by Crippen LogP contribution is -2.14. The highest BCUT2D eigenvalue weighted by atomic mass is 14.8. The molecule has 15 heavy (non-hydrogen) atoms. The van der Waals surface area contributed by atoms with Crippen LogP contribution in [-0.2, 0) is 6.54 Å². The standard InChI is InChI=1S/C13H14N2/c1-2-3-8-14-10-12-6-4-5-11-7-9-15-13(11)12/h1,4-7,9,14-15H,3,8,10H2. The third-order valence-electron chi connectivity index (χ3n) is 2.44. The molecule has 2 rings (SSSR count). The fourth-order valence-corrected chi connectivity index (χ4v) is 1.68. The van der Waals surface area contributed by atoms with Crippen LogP contribution < -0.4 is 5.32 Å². The summed E-state index contributed by atoms with van der Waals surface area (Å²) in [6, 6.07) is 8.40. The van der Waals surface area contributed by atoms with E-state index in [0.717, 1.165) is 19.5 Å². The van der Waals surface area contributed by atoms with Crippen LogP contribution in [0.15, 0.2) is 30.5 Å². The maximum Gasteiger partial charge on any atom is 0.0499 e. The SMILES string of the molecule is C#CCCNCc1cccc2cc[nH]c12. The third kappa shape index (κ3) is 2.20. The predicted molar refractivity (Wildman–Crippen MR) is 63.5 cm³/mol. The first kappa shape index (κ1) is 9.82. The lowest BCUT2D eigenvalue weighted by molar-refractivity contribution is 0.704. The van der Waals surface area contributed by atoms with Gasteiger partial charge in [-0.25, -0.2) is 0 Å². The number of H-pyrrole nitrogens is 1. The van der Waals surface area contributed by atoms with Crippen LogP contribution in [0.5, 0.6) is 0 Å². The minimum Gasteiger partial charge on any atom is -0.361 e. The van der Waals surface area contributed by atoms with E-state index in [4.69, 9.17) is 6.42 Å². The molecule has 0 fully saturated rings. The number of fused-ring (bicyclic) bond motifs is 1. The first-order valence-electron chi connectivity index (χ1n) is 5.11. The molecule has 0 aliphatic carbocycles. The topological polar surface area (TPSA) is 27.8 Å². The van der Waals surface area contributed by atoms with Crippen molar-refractivity contribution in [3.63, 3.8) is 0 Å². The van der Waals surface area contributed by atoms with E-state index in [-0.39, 0.29) is 0 Å². The van der Waals surface area contributed by atoms with Gasteiger partial charge in [0.25, 0.3) is 0 Å². The molecule has 0 bridgehead atoms. The van der Waals surface area contributed by atoms with Gasteiger partial charge in [0.15, 0.2) is 0 Å². The smallest absolute Gasteiger partial charge is 0.0499 e. The Morgan fingerprint density at radius 1 is 1.33 bits per heavy atom. The molecule has 0 radical (unpaired) electrons. The normalized spacial score (nSPS) is 10.3. The van der Waals surface area contributed by atoms with Gasteiger partial charge in [-0.2, -0.15) is 0 Å². The molecule has 0 unspecified atom stereocenters. The van der Waals surface area contributed by atoms with Crippen LogP contribution in [0.4, 0.5) is 0 Å². The average molecular weight is 198 g/mol. The van der Waals surface area contributed by atoms with Crippen LogP contribution in [0.25, 0.3) is 10.9 Å². The van der Waals surface area contributed by atoms with Crippen LogP contribution in [0.1, 0.15) is 12.0 Å².